The SMILES string of the molecule is CSc1nc(C2CC2)ncc1CC(=O)O. The summed E-state index contributed by atoms with van der Waals surface area (Å²) < 4.78 is 0. The molecule has 0 radical (unpaired) electrons. The summed E-state index contributed by atoms with van der Waals surface area (Å²) in [6.45, 7) is 0. The van der Waals surface area contributed by atoms with Gasteiger partial charge in [0.1, 0.15) is 10.9 Å². The van der Waals surface area contributed by atoms with Gasteiger partial charge in [-0.3, -0.25) is 4.79 Å². The van der Waals surface area contributed by atoms with Gasteiger partial charge in [-0.25, -0.2) is 9.97 Å². The second kappa shape index (κ2) is 4.18. The number of aliphatic carboxylic acids is 1. The van der Waals surface area contributed by atoms with Gasteiger partial charge in [0.25, 0.3) is 0 Å². The lowest BCUT2D eigenvalue weighted by Crippen LogP contribution is -2.05. The van der Waals surface area contributed by atoms with Crippen molar-refractivity contribution in [2.45, 2.75) is 30.2 Å². The molecular weight excluding hydrogens is 212 g/mol. The fraction of sp³-hybridized carbons (Fsp3) is 0.500. The molecule has 15 heavy (non-hydrogen) atoms. The molecule has 0 bridgehead atoms. The number of aromatic nitrogens is 2. The molecule has 1 aliphatic carbocycles. The summed E-state index contributed by atoms with van der Waals surface area (Å²) in [5, 5.41) is 9.51. The van der Waals surface area contributed by atoms with Crippen molar-refractivity contribution in [3.05, 3.63) is 17.6 Å². The normalized spacial score (nSPS) is 15.3. The number of carbonyl (C=O) groups is 1. The summed E-state index contributed by atoms with van der Waals surface area (Å²) in [5.74, 6) is 0.538. The molecule has 1 saturated carbocycles. The van der Waals surface area contributed by atoms with Crippen LogP contribution in [0.2, 0.25) is 0 Å². The molecule has 0 saturated heterocycles. The molecular formula is C10H12N2O2S. The van der Waals surface area contributed by atoms with Gasteiger partial charge in [-0.05, 0) is 19.1 Å². The van der Waals surface area contributed by atoms with E-state index in [-0.39, 0.29) is 6.42 Å². The zero-order valence-electron chi connectivity index (χ0n) is 8.43. The van der Waals surface area contributed by atoms with Gasteiger partial charge < -0.3 is 5.11 Å². The van der Waals surface area contributed by atoms with Gasteiger partial charge in [-0.2, -0.15) is 0 Å². The summed E-state index contributed by atoms with van der Waals surface area (Å²) in [6, 6.07) is 0. The van der Waals surface area contributed by atoms with E-state index in [9.17, 15) is 4.79 Å². The fourth-order valence-corrected chi connectivity index (χ4v) is 1.98. The molecule has 80 valence electrons. The Morgan fingerprint density at radius 3 is 2.93 bits per heavy atom. The number of hydrogen-bond donors (Lipinski definition) is 1. The highest BCUT2D eigenvalue weighted by molar-refractivity contribution is 7.98. The maximum atomic E-state index is 10.6. The van der Waals surface area contributed by atoms with E-state index in [1.807, 2.05) is 6.26 Å². The molecule has 4 nitrogen and oxygen atoms in total. The van der Waals surface area contributed by atoms with Crippen molar-refractivity contribution in [1.82, 2.24) is 9.97 Å². The van der Waals surface area contributed by atoms with Crippen molar-refractivity contribution in [3.8, 4) is 0 Å². The van der Waals surface area contributed by atoms with E-state index in [2.05, 4.69) is 9.97 Å². The summed E-state index contributed by atoms with van der Waals surface area (Å²) >= 11 is 1.48. The lowest BCUT2D eigenvalue weighted by atomic mass is 10.2. The molecule has 1 aromatic rings. The molecule has 1 N–H and O–H groups in total. The lowest BCUT2D eigenvalue weighted by molar-refractivity contribution is -0.136. The van der Waals surface area contributed by atoms with E-state index in [4.69, 9.17) is 5.11 Å². The number of nitrogens with zero attached hydrogens (tertiary/aromatic N) is 2. The monoisotopic (exact) mass is 224 g/mol. The Kier molecular flexibility index (Phi) is 2.90. The van der Waals surface area contributed by atoms with Crippen LogP contribution in [0.1, 0.15) is 30.1 Å². The van der Waals surface area contributed by atoms with E-state index in [1.165, 1.54) is 11.8 Å². The van der Waals surface area contributed by atoms with E-state index in [0.717, 1.165) is 23.7 Å². The minimum Gasteiger partial charge on any atom is -0.481 e. The molecule has 0 aromatic carbocycles. The summed E-state index contributed by atoms with van der Waals surface area (Å²) in [6.07, 6.45) is 5.88. The highest BCUT2D eigenvalue weighted by atomic mass is 32.2. The number of rotatable bonds is 4. The fourth-order valence-electron chi connectivity index (χ4n) is 1.40. The van der Waals surface area contributed by atoms with Gasteiger partial charge in [0.05, 0.1) is 6.42 Å². The van der Waals surface area contributed by atoms with Gasteiger partial charge >= 0.3 is 5.97 Å². The summed E-state index contributed by atoms with van der Waals surface area (Å²) in [4.78, 5) is 19.2. The van der Waals surface area contributed by atoms with Crippen molar-refractivity contribution >= 4 is 17.7 Å². The third-order valence-electron chi connectivity index (χ3n) is 2.32. The van der Waals surface area contributed by atoms with Crippen LogP contribution in [0.5, 0.6) is 0 Å². The van der Waals surface area contributed by atoms with Crippen LogP contribution in [0.15, 0.2) is 11.2 Å². The molecule has 0 spiro atoms. The number of thioether (sulfide) groups is 1. The lowest BCUT2D eigenvalue weighted by Gasteiger charge is -2.05. The Balaban J connectivity index is 2.26. The van der Waals surface area contributed by atoms with Gasteiger partial charge in [-0.15, -0.1) is 11.8 Å². The van der Waals surface area contributed by atoms with Crippen molar-refractivity contribution in [3.63, 3.8) is 0 Å². The van der Waals surface area contributed by atoms with Gasteiger partial charge in [0.2, 0.25) is 0 Å². The minimum atomic E-state index is -0.840. The number of hydrogen-bond acceptors (Lipinski definition) is 4. The zero-order chi connectivity index (χ0) is 10.8. The van der Waals surface area contributed by atoms with Crippen molar-refractivity contribution in [1.29, 1.82) is 0 Å². The first-order valence-electron chi connectivity index (χ1n) is 4.82. The molecule has 0 atom stereocenters. The van der Waals surface area contributed by atoms with Crippen LogP contribution in [0.25, 0.3) is 0 Å². The van der Waals surface area contributed by atoms with Crippen molar-refractivity contribution < 1.29 is 9.90 Å². The Bertz CT molecular complexity index is 391. The molecule has 1 heterocycles. The highest BCUT2D eigenvalue weighted by Gasteiger charge is 2.27. The number of carboxylic acids is 1. The van der Waals surface area contributed by atoms with Crippen LogP contribution >= 0.6 is 11.8 Å². The maximum absolute atomic E-state index is 10.6. The Hall–Kier alpha value is -1.10. The van der Waals surface area contributed by atoms with Crippen LogP contribution < -0.4 is 0 Å². The average molecular weight is 224 g/mol. The van der Waals surface area contributed by atoms with Gasteiger partial charge in [0, 0.05) is 17.7 Å². The van der Waals surface area contributed by atoms with E-state index in [1.54, 1.807) is 6.20 Å². The van der Waals surface area contributed by atoms with Crippen molar-refractivity contribution in [2.75, 3.05) is 6.26 Å². The molecule has 2 rings (SSSR count). The second-order valence-corrected chi connectivity index (χ2v) is 4.40. The summed E-state index contributed by atoms with van der Waals surface area (Å²) in [5.41, 5.74) is 0.708. The molecule has 1 fully saturated rings. The first kappa shape index (κ1) is 10.4. The molecule has 0 amide bonds. The quantitative estimate of drug-likeness (QED) is 0.623. The molecule has 1 aliphatic rings. The predicted molar refractivity (Wildman–Crippen MR) is 57.1 cm³/mol. The minimum absolute atomic E-state index is 0.00111. The molecule has 1 aromatic heterocycles. The van der Waals surface area contributed by atoms with E-state index >= 15 is 0 Å². The van der Waals surface area contributed by atoms with Crippen LogP contribution in [-0.2, 0) is 11.2 Å². The first-order valence-corrected chi connectivity index (χ1v) is 6.04. The second-order valence-electron chi connectivity index (χ2n) is 3.61. The standard InChI is InChI=1S/C10H12N2O2S/c1-15-10-7(4-8(13)14)5-11-9(12-10)6-2-3-6/h5-6H,2-4H2,1H3,(H,13,14). The van der Waals surface area contributed by atoms with Crippen LogP contribution in [0.4, 0.5) is 0 Å². The highest BCUT2D eigenvalue weighted by Crippen LogP contribution is 2.38. The van der Waals surface area contributed by atoms with Crippen molar-refractivity contribution in [2.24, 2.45) is 0 Å². The van der Waals surface area contributed by atoms with Crippen LogP contribution in [-0.4, -0.2) is 27.3 Å². The Morgan fingerprint density at radius 1 is 1.67 bits per heavy atom. The molecule has 0 unspecified atom stereocenters. The smallest absolute Gasteiger partial charge is 0.307 e. The Labute approximate surface area is 92.1 Å². The van der Waals surface area contributed by atoms with E-state index in [0.29, 0.717) is 11.5 Å². The van der Waals surface area contributed by atoms with Crippen LogP contribution in [0, 0.1) is 0 Å². The largest absolute Gasteiger partial charge is 0.481 e. The van der Waals surface area contributed by atoms with E-state index < -0.39 is 5.97 Å². The maximum Gasteiger partial charge on any atom is 0.307 e. The van der Waals surface area contributed by atoms with Gasteiger partial charge in [0.15, 0.2) is 0 Å². The van der Waals surface area contributed by atoms with Gasteiger partial charge in [-0.1, -0.05) is 0 Å². The van der Waals surface area contributed by atoms with Crippen LogP contribution in [0.3, 0.4) is 0 Å². The molecule has 5 heteroatoms. The Morgan fingerprint density at radius 2 is 2.40 bits per heavy atom. The average Bonchev–Trinajstić information content (AvgIpc) is 3.01. The molecule has 0 aliphatic heterocycles. The predicted octanol–water partition coefficient (Wildman–Crippen LogP) is 1.70. The third-order valence-corrected chi connectivity index (χ3v) is 3.06. The summed E-state index contributed by atoms with van der Waals surface area (Å²) in [7, 11) is 0. The third kappa shape index (κ3) is 2.47. The zero-order valence-corrected chi connectivity index (χ0v) is 9.25. The number of carboxylic acid groups (broad SMARTS) is 1. The first-order chi connectivity index (χ1) is 7.20. The topological polar surface area (TPSA) is 63.1 Å².